The third kappa shape index (κ3) is 5.09. The number of rotatable bonds is 7. The Kier molecular flexibility index (Phi) is 6.30. The number of para-hydroxylation sites is 1. The van der Waals surface area contributed by atoms with Crippen LogP contribution in [0.25, 0.3) is 10.9 Å². The lowest BCUT2D eigenvalue weighted by molar-refractivity contribution is -0.142. The van der Waals surface area contributed by atoms with Gasteiger partial charge in [0.1, 0.15) is 5.69 Å². The minimum Gasteiger partial charge on any atom is -0.296 e. The van der Waals surface area contributed by atoms with Crippen LogP contribution in [0.4, 0.5) is 26.3 Å². The van der Waals surface area contributed by atoms with Crippen molar-refractivity contribution in [1.82, 2.24) is 9.88 Å². The molecule has 0 spiro atoms. The second-order valence-corrected chi connectivity index (χ2v) is 5.95. The van der Waals surface area contributed by atoms with E-state index in [1.54, 1.807) is 12.2 Å². The number of alkyl halides is 6. The first-order valence-corrected chi connectivity index (χ1v) is 8.09. The highest BCUT2D eigenvalue weighted by Crippen LogP contribution is 2.37. The van der Waals surface area contributed by atoms with Crippen molar-refractivity contribution in [2.24, 2.45) is 0 Å². The van der Waals surface area contributed by atoms with Crippen LogP contribution in [0, 0.1) is 0 Å². The molecule has 0 amide bonds. The van der Waals surface area contributed by atoms with Crippen LogP contribution in [0.1, 0.15) is 16.8 Å². The SMILES string of the molecule is C=CCN(CC=C)CCc1cc(C(F)(F)F)nc2c(C(F)(F)F)cccc12. The summed E-state index contributed by atoms with van der Waals surface area (Å²) in [7, 11) is 0. The van der Waals surface area contributed by atoms with Crippen LogP contribution in [0.2, 0.25) is 0 Å². The number of halogens is 6. The van der Waals surface area contributed by atoms with Crippen LogP contribution < -0.4 is 0 Å². The van der Waals surface area contributed by atoms with E-state index < -0.39 is 29.1 Å². The summed E-state index contributed by atoms with van der Waals surface area (Å²) in [6, 6.07) is 4.09. The minimum absolute atomic E-state index is 0.0648. The number of benzene rings is 1. The lowest BCUT2D eigenvalue weighted by Gasteiger charge is -2.20. The largest absolute Gasteiger partial charge is 0.433 e. The molecular formula is C19H18F6N2. The van der Waals surface area contributed by atoms with E-state index in [2.05, 4.69) is 18.1 Å². The van der Waals surface area contributed by atoms with E-state index in [4.69, 9.17) is 0 Å². The van der Waals surface area contributed by atoms with Gasteiger partial charge < -0.3 is 0 Å². The monoisotopic (exact) mass is 388 g/mol. The Balaban J connectivity index is 2.56. The Hall–Kier alpha value is -2.35. The zero-order valence-electron chi connectivity index (χ0n) is 14.4. The van der Waals surface area contributed by atoms with E-state index in [-0.39, 0.29) is 17.4 Å². The molecule has 8 heteroatoms. The minimum atomic E-state index is -4.84. The molecule has 2 nitrogen and oxygen atoms in total. The first-order chi connectivity index (χ1) is 12.6. The average Bonchev–Trinajstić information content (AvgIpc) is 2.57. The number of hydrogen-bond acceptors (Lipinski definition) is 2. The van der Waals surface area contributed by atoms with Gasteiger partial charge in [0.25, 0.3) is 0 Å². The molecule has 0 bridgehead atoms. The summed E-state index contributed by atoms with van der Waals surface area (Å²) in [5.41, 5.74) is -3.03. The number of nitrogens with zero attached hydrogens (tertiary/aromatic N) is 2. The number of aromatic nitrogens is 1. The van der Waals surface area contributed by atoms with Crippen LogP contribution in [0.5, 0.6) is 0 Å². The second kappa shape index (κ2) is 8.12. The number of fused-ring (bicyclic) bond motifs is 1. The van der Waals surface area contributed by atoms with Gasteiger partial charge in [-0.25, -0.2) is 4.98 Å². The molecule has 0 unspecified atom stereocenters. The van der Waals surface area contributed by atoms with Crippen LogP contribution in [0.15, 0.2) is 49.6 Å². The van der Waals surface area contributed by atoms with Crippen molar-refractivity contribution >= 4 is 10.9 Å². The van der Waals surface area contributed by atoms with E-state index in [1.165, 1.54) is 12.1 Å². The summed E-state index contributed by atoms with van der Waals surface area (Å²) < 4.78 is 79.3. The second-order valence-electron chi connectivity index (χ2n) is 5.95. The first-order valence-electron chi connectivity index (χ1n) is 8.09. The molecule has 146 valence electrons. The molecule has 0 saturated heterocycles. The molecular weight excluding hydrogens is 370 g/mol. The van der Waals surface area contributed by atoms with Crippen molar-refractivity contribution in [3.05, 3.63) is 66.4 Å². The van der Waals surface area contributed by atoms with Gasteiger partial charge in [0.05, 0.1) is 11.1 Å². The molecule has 0 aliphatic heterocycles. The summed E-state index contributed by atoms with van der Waals surface area (Å²) in [5, 5.41) is 0.0648. The Labute approximate surface area is 152 Å². The van der Waals surface area contributed by atoms with Crippen molar-refractivity contribution in [2.45, 2.75) is 18.8 Å². The van der Waals surface area contributed by atoms with E-state index >= 15 is 0 Å². The first kappa shape index (κ1) is 21.0. The maximum absolute atomic E-state index is 13.2. The molecule has 0 atom stereocenters. The van der Waals surface area contributed by atoms with Crippen molar-refractivity contribution in [3.8, 4) is 0 Å². The predicted octanol–water partition coefficient (Wildman–Crippen LogP) is 5.49. The third-order valence-electron chi connectivity index (χ3n) is 3.99. The Morgan fingerprint density at radius 1 is 0.963 bits per heavy atom. The van der Waals surface area contributed by atoms with Crippen molar-refractivity contribution < 1.29 is 26.3 Å². The maximum atomic E-state index is 13.2. The Bertz CT molecular complexity index is 813. The summed E-state index contributed by atoms with van der Waals surface area (Å²) >= 11 is 0. The van der Waals surface area contributed by atoms with Crippen LogP contribution in [0.3, 0.4) is 0 Å². The van der Waals surface area contributed by atoms with Gasteiger partial charge in [-0.2, -0.15) is 26.3 Å². The molecule has 0 radical (unpaired) electrons. The predicted molar refractivity (Wildman–Crippen MR) is 92.3 cm³/mol. The highest BCUT2D eigenvalue weighted by molar-refractivity contribution is 5.86. The molecule has 0 saturated carbocycles. The molecule has 2 rings (SSSR count). The maximum Gasteiger partial charge on any atom is 0.433 e. The summed E-state index contributed by atoms with van der Waals surface area (Å²) in [6.45, 7) is 8.53. The normalized spacial score (nSPS) is 12.6. The highest BCUT2D eigenvalue weighted by Gasteiger charge is 2.37. The molecule has 1 aromatic heterocycles. The van der Waals surface area contributed by atoms with Gasteiger partial charge in [-0.15, -0.1) is 13.2 Å². The van der Waals surface area contributed by atoms with Gasteiger partial charge in [-0.1, -0.05) is 24.3 Å². The molecule has 0 aliphatic rings. The zero-order chi connectivity index (χ0) is 20.2. The topological polar surface area (TPSA) is 16.1 Å². The fraction of sp³-hybridized carbons (Fsp3) is 0.316. The van der Waals surface area contributed by atoms with E-state index in [9.17, 15) is 26.3 Å². The van der Waals surface area contributed by atoms with Crippen molar-refractivity contribution in [1.29, 1.82) is 0 Å². The summed E-state index contributed by atoms with van der Waals surface area (Å²) in [6.07, 6.45) is -6.24. The fourth-order valence-corrected chi connectivity index (χ4v) is 2.80. The molecule has 0 N–H and O–H groups in total. The van der Waals surface area contributed by atoms with Gasteiger partial charge in [-0.3, -0.25) is 4.90 Å². The number of hydrogen-bond donors (Lipinski definition) is 0. The molecule has 1 heterocycles. The van der Waals surface area contributed by atoms with Gasteiger partial charge >= 0.3 is 12.4 Å². The van der Waals surface area contributed by atoms with E-state index in [0.717, 1.165) is 12.1 Å². The number of pyridine rings is 1. The third-order valence-corrected chi connectivity index (χ3v) is 3.99. The van der Waals surface area contributed by atoms with E-state index in [1.807, 2.05) is 4.90 Å². The summed E-state index contributed by atoms with van der Waals surface area (Å²) in [5.74, 6) is 0. The fourth-order valence-electron chi connectivity index (χ4n) is 2.80. The molecule has 0 fully saturated rings. The molecule has 27 heavy (non-hydrogen) atoms. The Morgan fingerprint density at radius 3 is 2.11 bits per heavy atom. The lowest BCUT2D eigenvalue weighted by Crippen LogP contribution is -2.26. The smallest absolute Gasteiger partial charge is 0.296 e. The van der Waals surface area contributed by atoms with Crippen LogP contribution in [-0.2, 0) is 18.8 Å². The molecule has 0 aliphatic carbocycles. The van der Waals surface area contributed by atoms with Gasteiger partial charge in [0.15, 0.2) is 0 Å². The quantitative estimate of drug-likeness (QED) is 0.461. The Morgan fingerprint density at radius 2 is 1.59 bits per heavy atom. The lowest BCUT2D eigenvalue weighted by atomic mass is 10.0. The van der Waals surface area contributed by atoms with Gasteiger partial charge in [0, 0.05) is 25.0 Å². The van der Waals surface area contributed by atoms with E-state index in [0.29, 0.717) is 19.6 Å². The summed E-state index contributed by atoms with van der Waals surface area (Å²) in [4.78, 5) is 5.15. The average molecular weight is 388 g/mol. The molecule has 1 aromatic carbocycles. The zero-order valence-corrected chi connectivity index (χ0v) is 14.4. The standard InChI is InChI=1S/C19H18F6N2/c1-3-9-27(10-4-2)11-8-13-12-16(19(23,24)25)26-17-14(13)6-5-7-15(17)18(20,21)22/h3-7,12H,1-2,8-11H2. The van der Waals surface area contributed by atoms with Gasteiger partial charge in [0.2, 0.25) is 0 Å². The van der Waals surface area contributed by atoms with Crippen LogP contribution >= 0.6 is 0 Å². The van der Waals surface area contributed by atoms with Crippen molar-refractivity contribution in [3.63, 3.8) is 0 Å². The molecule has 2 aromatic rings. The van der Waals surface area contributed by atoms with Crippen molar-refractivity contribution in [2.75, 3.05) is 19.6 Å². The van der Waals surface area contributed by atoms with Gasteiger partial charge in [-0.05, 0) is 24.1 Å². The highest BCUT2D eigenvalue weighted by atomic mass is 19.4. The van der Waals surface area contributed by atoms with Crippen LogP contribution in [-0.4, -0.2) is 29.5 Å².